The van der Waals surface area contributed by atoms with Gasteiger partial charge in [-0.2, -0.15) is 0 Å². The van der Waals surface area contributed by atoms with Crippen LogP contribution in [-0.4, -0.2) is 69.2 Å². The molecule has 0 radical (unpaired) electrons. The smallest absolute Gasteiger partial charge is 0.312 e. The average molecular weight is 967 g/mol. The van der Waals surface area contributed by atoms with Crippen LogP contribution in [0, 0.1) is 57.2 Å². The Hall–Kier alpha value is -4.19. The molecule has 0 bridgehead atoms. The van der Waals surface area contributed by atoms with Crippen LogP contribution in [0.2, 0.25) is 0 Å². The Labute approximate surface area is 411 Å². The number of rotatable bonds is 16. The number of fused-ring (bicyclic) bond motifs is 6. The second-order valence-corrected chi connectivity index (χ2v) is 25.0. The Morgan fingerprint density at radius 2 is 0.971 bits per heavy atom. The molecule has 10 unspecified atom stereocenters. The Morgan fingerprint density at radius 1 is 0.594 bits per heavy atom. The molecule has 10 nitrogen and oxygen atoms in total. The maximum absolute atomic E-state index is 13.8. The van der Waals surface area contributed by atoms with Crippen LogP contribution in [0.4, 0.5) is 0 Å². The van der Waals surface area contributed by atoms with Gasteiger partial charge in [0, 0.05) is 0 Å². The zero-order chi connectivity index (χ0) is 49.5. The lowest BCUT2D eigenvalue weighted by Crippen LogP contribution is -2.53. The predicted molar refractivity (Wildman–Crippen MR) is 267 cm³/mol. The maximum Gasteiger partial charge on any atom is 0.312 e. The summed E-state index contributed by atoms with van der Waals surface area (Å²) in [7, 11) is -3.89. The summed E-state index contributed by atoms with van der Waals surface area (Å²) in [4.78, 5) is 27.7. The average Bonchev–Trinajstić information content (AvgIpc) is 3.33. The van der Waals surface area contributed by atoms with Crippen molar-refractivity contribution in [2.75, 3.05) is 26.4 Å². The van der Waals surface area contributed by atoms with Crippen LogP contribution in [0.5, 0.6) is 11.5 Å². The minimum absolute atomic E-state index is 0.0136. The molecule has 376 valence electrons. The van der Waals surface area contributed by atoms with Crippen molar-refractivity contribution in [3.63, 3.8) is 0 Å². The van der Waals surface area contributed by atoms with Crippen molar-refractivity contribution in [1.29, 1.82) is 0 Å². The summed E-state index contributed by atoms with van der Waals surface area (Å²) in [6.07, 6.45) is 19.2. The van der Waals surface area contributed by atoms with Crippen LogP contribution in [0.25, 0.3) is 0 Å². The van der Waals surface area contributed by atoms with E-state index in [9.17, 15) is 28.2 Å². The van der Waals surface area contributed by atoms with Crippen LogP contribution >= 0.6 is 0 Å². The molecule has 2 aromatic rings. The number of benzene rings is 2. The highest BCUT2D eigenvalue weighted by atomic mass is 32.2. The van der Waals surface area contributed by atoms with Gasteiger partial charge >= 0.3 is 11.9 Å². The van der Waals surface area contributed by atoms with Gasteiger partial charge in [0.15, 0.2) is 0 Å². The summed E-state index contributed by atoms with van der Waals surface area (Å²) in [5, 5.41) is 21.6. The van der Waals surface area contributed by atoms with E-state index in [-0.39, 0.29) is 70.8 Å². The van der Waals surface area contributed by atoms with Gasteiger partial charge in [-0.1, -0.05) is 89.8 Å². The molecule has 0 amide bonds. The van der Waals surface area contributed by atoms with E-state index >= 15 is 0 Å². The lowest BCUT2D eigenvalue weighted by molar-refractivity contribution is -0.173. The van der Waals surface area contributed by atoms with Crippen molar-refractivity contribution >= 4 is 21.8 Å². The quantitative estimate of drug-likeness (QED) is 0.156. The lowest BCUT2D eigenvalue weighted by atomic mass is 9.47. The van der Waals surface area contributed by atoms with E-state index in [0.29, 0.717) is 35.2 Å². The first kappa shape index (κ1) is 51.2. The van der Waals surface area contributed by atoms with Crippen molar-refractivity contribution in [3.05, 3.63) is 95.1 Å². The SMILES string of the molecule is CC(C)C1=CC2=CCC3C(C)(C(=O)OCC(O)COc4ccc(S(=O)(=O)c5ccc(OCC(O)COC(=O)C6(C)CCCC7(C)C8CCC(C(C)C)=CC8=CCC67)cc5)cc4)CCCC3(C)C2CC1. The summed E-state index contributed by atoms with van der Waals surface area (Å²) in [5.41, 5.74) is 4.64. The molecule has 10 atom stereocenters. The standard InChI is InChI=1S/C58H78O10S/c1-37(2)39-11-23-49-41(31-39)13-25-51-55(49,5)27-9-29-57(51,7)53(61)67-35-43(59)33-65-45-15-19-47(20-16-45)69(63,64)48-21-17-46(18-22-48)66-34-44(60)36-68-54(62)58(8)30-10-28-56(6)50-24-12-40(38(3)4)32-42(50)14-26-52(56)58/h13-22,31-32,37-38,43-44,49-52,59-60H,9-12,23-30,33-36H2,1-8H3. The zero-order valence-corrected chi connectivity index (χ0v) is 43.2. The fourth-order valence-electron chi connectivity index (χ4n) is 13.9. The number of hydrogen-bond donors (Lipinski definition) is 2. The molecule has 0 saturated heterocycles. The van der Waals surface area contributed by atoms with Crippen LogP contribution in [0.15, 0.2) is 105 Å². The third-order valence-electron chi connectivity index (χ3n) is 18.1. The fraction of sp³-hybridized carbons (Fsp3) is 0.621. The maximum atomic E-state index is 13.8. The molecule has 0 heterocycles. The summed E-state index contributed by atoms with van der Waals surface area (Å²) >= 11 is 0. The molecule has 2 saturated carbocycles. The number of aliphatic hydroxyl groups excluding tert-OH is 2. The Bertz CT molecular complexity index is 2280. The van der Waals surface area contributed by atoms with E-state index in [2.05, 4.69) is 65.8 Å². The second kappa shape index (κ2) is 20.1. The highest BCUT2D eigenvalue weighted by molar-refractivity contribution is 7.91. The fourth-order valence-corrected chi connectivity index (χ4v) is 15.2. The molecule has 6 aliphatic carbocycles. The van der Waals surface area contributed by atoms with Crippen LogP contribution in [-0.2, 0) is 28.9 Å². The molecule has 0 aromatic heterocycles. The molecule has 2 fully saturated rings. The second-order valence-electron chi connectivity index (χ2n) is 23.0. The first-order valence-electron chi connectivity index (χ1n) is 25.9. The van der Waals surface area contributed by atoms with E-state index in [4.69, 9.17) is 18.9 Å². The number of esters is 2. The topological polar surface area (TPSA) is 146 Å². The summed E-state index contributed by atoms with van der Waals surface area (Å²) < 4.78 is 50.3. The number of carbonyl (C=O) groups is 2. The number of aliphatic hydroxyl groups is 2. The molecule has 0 aliphatic heterocycles. The van der Waals surface area contributed by atoms with Gasteiger partial charge in [0.25, 0.3) is 0 Å². The molecule has 69 heavy (non-hydrogen) atoms. The largest absolute Gasteiger partial charge is 0.491 e. The summed E-state index contributed by atoms with van der Waals surface area (Å²) in [5.74, 6) is 2.48. The molecule has 2 N–H and O–H groups in total. The summed E-state index contributed by atoms with van der Waals surface area (Å²) in [6, 6.07) is 11.9. The first-order chi connectivity index (χ1) is 32.7. The van der Waals surface area contributed by atoms with Gasteiger partial charge in [-0.05, 0) is 184 Å². The predicted octanol–water partition coefficient (Wildman–Crippen LogP) is 11.4. The van der Waals surface area contributed by atoms with E-state index in [0.717, 1.165) is 77.0 Å². The number of ether oxygens (including phenoxy) is 4. The van der Waals surface area contributed by atoms with Crippen molar-refractivity contribution in [2.45, 2.75) is 154 Å². The Morgan fingerprint density at radius 3 is 1.33 bits per heavy atom. The van der Waals surface area contributed by atoms with Gasteiger partial charge in [0.1, 0.15) is 50.1 Å². The minimum atomic E-state index is -3.89. The van der Waals surface area contributed by atoms with Gasteiger partial charge in [-0.3, -0.25) is 9.59 Å². The van der Waals surface area contributed by atoms with Crippen molar-refractivity contribution in [2.24, 2.45) is 57.2 Å². The van der Waals surface area contributed by atoms with Gasteiger partial charge in [-0.15, -0.1) is 0 Å². The number of allylic oxidation sites excluding steroid dienone is 8. The van der Waals surface area contributed by atoms with Crippen molar-refractivity contribution in [3.8, 4) is 11.5 Å². The monoisotopic (exact) mass is 967 g/mol. The molecular weight excluding hydrogens is 889 g/mol. The molecule has 2 aromatic carbocycles. The van der Waals surface area contributed by atoms with Crippen molar-refractivity contribution in [1.82, 2.24) is 0 Å². The molecular formula is C58H78O10S. The normalized spacial score (nSPS) is 31.8. The first-order valence-corrected chi connectivity index (χ1v) is 27.4. The third kappa shape index (κ3) is 10.0. The van der Waals surface area contributed by atoms with E-state index in [1.165, 1.54) is 70.8 Å². The van der Waals surface area contributed by atoms with E-state index in [1.54, 1.807) is 0 Å². The van der Waals surface area contributed by atoms with Gasteiger partial charge < -0.3 is 29.2 Å². The van der Waals surface area contributed by atoms with E-state index < -0.39 is 32.9 Å². The minimum Gasteiger partial charge on any atom is -0.491 e. The van der Waals surface area contributed by atoms with Gasteiger partial charge in [0.05, 0.1) is 20.6 Å². The van der Waals surface area contributed by atoms with Crippen LogP contribution < -0.4 is 9.47 Å². The number of hydrogen-bond acceptors (Lipinski definition) is 10. The number of sulfone groups is 1. The molecule has 11 heteroatoms. The van der Waals surface area contributed by atoms with Crippen molar-refractivity contribution < 1.29 is 47.2 Å². The molecule has 8 rings (SSSR count). The van der Waals surface area contributed by atoms with Gasteiger partial charge in [0.2, 0.25) is 9.84 Å². The summed E-state index contributed by atoms with van der Waals surface area (Å²) in [6.45, 7) is 17.2. The Balaban J connectivity index is 0.781. The molecule has 0 spiro atoms. The van der Waals surface area contributed by atoms with E-state index in [1.807, 2.05) is 13.8 Å². The van der Waals surface area contributed by atoms with Crippen LogP contribution in [0.1, 0.15) is 132 Å². The van der Waals surface area contributed by atoms with Gasteiger partial charge in [-0.25, -0.2) is 8.42 Å². The number of carbonyl (C=O) groups excluding carboxylic acids is 2. The zero-order valence-electron chi connectivity index (χ0n) is 42.4. The molecule has 6 aliphatic rings. The lowest BCUT2D eigenvalue weighted by Gasteiger charge is -2.57. The highest BCUT2D eigenvalue weighted by Crippen LogP contribution is 2.64. The van der Waals surface area contributed by atoms with Crippen LogP contribution in [0.3, 0.4) is 0 Å². The highest BCUT2D eigenvalue weighted by Gasteiger charge is 2.59. The third-order valence-corrected chi connectivity index (χ3v) is 19.8. The Kier molecular flexibility index (Phi) is 14.9.